The van der Waals surface area contributed by atoms with Crippen molar-refractivity contribution in [2.75, 3.05) is 25.1 Å². The molecule has 3 aromatic carbocycles. The molecule has 0 aliphatic rings. The van der Waals surface area contributed by atoms with Crippen LogP contribution in [0.4, 0.5) is 5.69 Å². The summed E-state index contributed by atoms with van der Waals surface area (Å²) in [6.07, 6.45) is 0. The molecule has 9 heteroatoms. The maximum Gasteiger partial charge on any atom is 0.264 e. The molecule has 3 rings (SSSR count). The Morgan fingerprint density at radius 2 is 1.65 bits per heavy atom. The third kappa shape index (κ3) is 5.90. The van der Waals surface area contributed by atoms with E-state index >= 15 is 0 Å². The molecule has 0 aliphatic carbocycles. The van der Waals surface area contributed by atoms with Crippen molar-refractivity contribution in [1.29, 1.82) is 0 Å². The molecule has 1 N–H and O–H groups in total. The van der Waals surface area contributed by atoms with Crippen molar-refractivity contribution in [2.24, 2.45) is 0 Å². The van der Waals surface area contributed by atoms with Crippen molar-refractivity contribution in [3.63, 3.8) is 0 Å². The third-order valence-electron chi connectivity index (χ3n) is 5.31. The first-order valence-electron chi connectivity index (χ1n) is 10.5. The number of halogens is 1. The first-order chi connectivity index (χ1) is 16.1. The van der Waals surface area contributed by atoms with Gasteiger partial charge in [0, 0.05) is 0 Å². The summed E-state index contributed by atoms with van der Waals surface area (Å²) >= 11 is 3.34. The topological polar surface area (TPSA) is 84.9 Å². The van der Waals surface area contributed by atoms with E-state index in [2.05, 4.69) is 21.2 Å². The Hall–Kier alpha value is -3.04. The van der Waals surface area contributed by atoms with Crippen LogP contribution in [0.3, 0.4) is 0 Å². The van der Waals surface area contributed by atoms with Gasteiger partial charge in [0.2, 0.25) is 5.91 Å². The predicted octanol–water partition coefficient (Wildman–Crippen LogP) is 4.85. The van der Waals surface area contributed by atoms with Gasteiger partial charge in [-0.2, -0.15) is 0 Å². The van der Waals surface area contributed by atoms with Gasteiger partial charge in [-0.3, -0.25) is 9.10 Å². The van der Waals surface area contributed by atoms with Gasteiger partial charge in [0.25, 0.3) is 10.0 Å². The molecule has 1 atom stereocenters. The maximum atomic E-state index is 13.6. The summed E-state index contributed by atoms with van der Waals surface area (Å²) in [6.45, 7) is 3.37. The monoisotopic (exact) mass is 546 g/mol. The third-order valence-corrected chi connectivity index (χ3v) is 7.70. The Labute approximate surface area is 208 Å². The number of carbonyl (C=O) groups excluding carboxylic acids is 1. The summed E-state index contributed by atoms with van der Waals surface area (Å²) in [5, 5.41) is 2.88. The Kier molecular flexibility index (Phi) is 8.22. The molecule has 180 valence electrons. The summed E-state index contributed by atoms with van der Waals surface area (Å²) < 4.78 is 39.2. The standard InChI is InChI=1S/C25H27BrN2O5S/c1-17-5-9-20(10-6-17)28(34(30,31)22-13-14-24(33-4)23(26)15-22)16-25(29)27-18(2)19-7-11-21(32-3)12-8-19/h5-15,18H,16H2,1-4H3,(H,27,29)/t18-/m0/s1. The van der Waals surface area contributed by atoms with Crippen LogP contribution in [0.15, 0.2) is 76.1 Å². The van der Waals surface area contributed by atoms with E-state index in [0.717, 1.165) is 15.4 Å². The maximum absolute atomic E-state index is 13.6. The number of carbonyl (C=O) groups is 1. The van der Waals surface area contributed by atoms with Gasteiger partial charge in [0.1, 0.15) is 18.0 Å². The predicted molar refractivity (Wildman–Crippen MR) is 136 cm³/mol. The number of ether oxygens (including phenoxy) is 2. The fourth-order valence-corrected chi connectivity index (χ4v) is 5.49. The molecule has 0 spiro atoms. The molecule has 7 nitrogen and oxygen atoms in total. The summed E-state index contributed by atoms with van der Waals surface area (Å²) in [4.78, 5) is 13.0. The number of methoxy groups -OCH3 is 2. The highest BCUT2D eigenvalue weighted by Gasteiger charge is 2.28. The minimum Gasteiger partial charge on any atom is -0.497 e. The zero-order chi connectivity index (χ0) is 24.9. The van der Waals surface area contributed by atoms with Gasteiger partial charge in [0.05, 0.1) is 35.3 Å². The van der Waals surface area contributed by atoms with Crippen molar-refractivity contribution in [1.82, 2.24) is 5.32 Å². The van der Waals surface area contributed by atoms with Crippen LogP contribution in [-0.4, -0.2) is 35.1 Å². The Morgan fingerprint density at radius 1 is 1.00 bits per heavy atom. The quantitative estimate of drug-likeness (QED) is 0.414. The molecule has 0 saturated heterocycles. The number of amides is 1. The lowest BCUT2D eigenvalue weighted by molar-refractivity contribution is -0.120. The summed E-state index contributed by atoms with van der Waals surface area (Å²) in [5.41, 5.74) is 2.24. The fourth-order valence-electron chi connectivity index (χ4n) is 3.35. The molecular weight excluding hydrogens is 520 g/mol. The summed E-state index contributed by atoms with van der Waals surface area (Å²) in [5.74, 6) is 0.788. The molecule has 0 fully saturated rings. The van der Waals surface area contributed by atoms with Crippen molar-refractivity contribution >= 4 is 37.5 Å². The van der Waals surface area contributed by atoms with Crippen molar-refractivity contribution in [3.05, 3.63) is 82.3 Å². The highest BCUT2D eigenvalue weighted by atomic mass is 79.9. The lowest BCUT2D eigenvalue weighted by Crippen LogP contribution is -2.41. The largest absolute Gasteiger partial charge is 0.497 e. The van der Waals surface area contributed by atoms with E-state index in [9.17, 15) is 13.2 Å². The zero-order valence-electron chi connectivity index (χ0n) is 19.4. The number of nitrogens with one attached hydrogen (secondary N) is 1. The van der Waals surface area contributed by atoms with Crippen molar-refractivity contribution in [2.45, 2.75) is 24.8 Å². The lowest BCUT2D eigenvalue weighted by atomic mass is 10.1. The van der Waals surface area contributed by atoms with Gasteiger partial charge >= 0.3 is 0 Å². The van der Waals surface area contributed by atoms with Crippen LogP contribution < -0.4 is 19.1 Å². The van der Waals surface area contributed by atoms with Gasteiger partial charge in [-0.15, -0.1) is 0 Å². The minimum atomic E-state index is -4.05. The van der Waals surface area contributed by atoms with Crippen LogP contribution in [0.25, 0.3) is 0 Å². The van der Waals surface area contributed by atoms with Crippen LogP contribution >= 0.6 is 15.9 Å². The number of sulfonamides is 1. The van der Waals surface area contributed by atoms with Gasteiger partial charge in [-0.1, -0.05) is 29.8 Å². The second-order valence-corrected chi connectivity index (χ2v) is 10.4. The number of aryl methyl sites for hydroxylation is 1. The van der Waals surface area contributed by atoms with E-state index in [1.807, 2.05) is 38.1 Å². The average Bonchev–Trinajstić information content (AvgIpc) is 2.83. The molecule has 1 amide bonds. The van der Waals surface area contributed by atoms with E-state index in [0.29, 0.717) is 21.7 Å². The average molecular weight is 547 g/mol. The van der Waals surface area contributed by atoms with Crippen LogP contribution in [0, 0.1) is 6.92 Å². The highest BCUT2D eigenvalue weighted by Crippen LogP contribution is 2.31. The summed E-state index contributed by atoms with van der Waals surface area (Å²) in [6, 6.07) is 18.5. The molecule has 3 aromatic rings. The number of rotatable bonds is 9. The van der Waals surface area contributed by atoms with E-state index in [-0.39, 0.29) is 17.5 Å². The number of hydrogen-bond donors (Lipinski definition) is 1. The fraction of sp³-hybridized carbons (Fsp3) is 0.240. The molecule has 0 bridgehead atoms. The Bertz CT molecular complexity index is 1250. The van der Waals surface area contributed by atoms with Crippen LogP contribution in [0.5, 0.6) is 11.5 Å². The number of hydrogen-bond acceptors (Lipinski definition) is 5. The van der Waals surface area contributed by atoms with Gasteiger partial charge in [-0.05, 0) is 77.8 Å². The Balaban J connectivity index is 1.89. The molecule has 0 saturated carbocycles. The van der Waals surface area contributed by atoms with E-state index in [1.165, 1.54) is 19.2 Å². The Morgan fingerprint density at radius 3 is 2.21 bits per heavy atom. The second-order valence-electron chi connectivity index (χ2n) is 7.71. The zero-order valence-corrected chi connectivity index (χ0v) is 21.8. The molecule has 0 radical (unpaired) electrons. The molecule has 0 unspecified atom stereocenters. The van der Waals surface area contributed by atoms with E-state index < -0.39 is 15.9 Å². The highest BCUT2D eigenvalue weighted by molar-refractivity contribution is 9.10. The molecule has 0 aromatic heterocycles. The molecular formula is C25H27BrN2O5S. The van der Waals surface area contributed by atoms with E-state index in [4.69, 9.17) is 9.47 Å². The molecule has 0 heterocycles. The SMILES string of the molecule is COc1ccc([C@H](C)NC(=O)CN(c2ccc(C)cc2)S(=O)(=O)c2ccc(OC)c(Br)c2)cc1. The van der Waals surface area contributed by atoms with Crippen molar-refractivity contribution in [3.8, 4) is 11.5 Å². The lowest BCUT2D eigenvalue weighted by Gasteiger charge is -2.25. The molecule has 34 heavy (non-hydrogen) atoms. The van der Waals surface area contributed by atoms with Crippen LogP contribution in [0.1, 0.15) is 24.1 Å². The normalized spacial score (nSPS) is 12.0. The number of benzene rings is 3. The summed E-state index contributed by atoms with van der Waals surface area (Å²) in [7, 11) is -0.962. The smallest absolute Gasteiger partial charge is 0.264 e. The minimum absolute atomic E-state index is 0.0387. The van der Waals surface area contributed by atoms with Gasteiger partial charge in [-0.25, -0.2) is 8.42 Å². The number of anilines is 1. The van der Waals surface area contributed by atoms with Gasteiger partial charge < -0.3 is 14.8 Å². The first kappa shape index (κ1) is 25.6. The van der Waals surface area contributed by atoms with Crippen LogP contribution in [-0.2, 0) is 14.8 Å². The molecule has 0 aliphatic heterocycles. The van der Waals surface area contributed by atoms with Gasteiger partial charge in [0.15, 0.2) is 0 Å². The van der Waals surface area contributed by atoms with E-state index in [1.54, 1.807) is 37.4 Å². The second kappa shape index (κ2) is 10.9. The van der Waals surface area contributed by atoms with Crippen LogP contribution in [0.2, 0.25) is 0 Å². The number of nitrogens with zero attached hydrogens (tertiary/aromatic N) is 1. The van der Waals surface area contributed by atoms with Crippen molar-refractivity contribution < 1.29 is 22.7 Å². The first-order valence-corrected chi connectivity index (χ1v) is 12.7.